The molecule has 0 atom stereocenters. The van der Waals surface area contributed by atoms with Gasteiger partial charge in [0.1, 0.15) is 5.82 Å². The lowest BCUT2D eigenvalue weighted by atomic mass is 9.85. The minimum Gasteiger partial charge on any atom is -0.337 e. The average Bonchev–Trinajstić information content (AvgIpc) is 1.67. The van der Waals surface area contributed by atoms with Crippen LogP contribution in [0.1, 0.15) is 376 Å². The van der Waals surface area contributed by atoms with E-state index in [0.29, 0.717) is 0 Å². The molecular formula is C110H183N21S2. The van der Waals surface area contributed by atoms with Gasteiger partial charge in [0.25, 0.3) is 0 Å². The fourth-order valence-corrected chi connectivity index (χ4v) is 14.3. The Morgan fingerprint density at radius 1 is 0.331 bits per heavy atom. The van der Waals surface area contributed by atoms with Crippen LogP contribution in [0.15, 0.2) is 159 Å². The zero-order valence-corrected chi connectivity index (χ0v) is 94.9. The summed E-state index contributed by atoms with van der Waals surface area (Å²) < 4.78 is 13.6. The van der Waals surface area contributed by atoms with Crippen molar-refractivity contribution in [2.45, 2.75) is 382 Å². The zero-order valence-electron chi connectivity index (χ0n) is 93.3. The quantitative estimate of drug-likeness (QED) is 0.150. The molecule has 0 aliphatic rings. The standard InChI is InChI=1S/C10H18N2.3C9H16N2.3C9H13N.3C8H14N2.C8H13NS.C7H12N2.C7H11NS/c1-7-9(10(3,4)5)8(2)12(6)11-7;1-7-10-6-8(11(7)5)9(2,3)4;1-7-8(9(2,3)4)6-11(5)10-7;1-7-8(9(2,3)4)6-10-11(7)5;1-9(2,3)8-4-6-10-7-5-8;1-9(2,3)8-5-4-6-10-7-8;1-9(2,3)8-6-4-5-7-10-8;1-8(2,3)7-5-9-6-10(7)4;1-8(2,3)7-5-9-10(4)6-7;1-8(2,3)7-5-6-10(4)9-7;1-6-9-7(5-10-6)8(2,3)4;1-7(2,3)6-4-5-8-9-6;1-7(2,3)6-4-8-5-9-6/h1-6H3;3*6H,1-5H3;3*4-7H,1-3H3;3*5-6H,1-4H3;5H,1-4H3;4-5H,1-3H3,(H,8,9);4-5H,1-3H3. The molecule has 0 fully saturated rings. The van der Waals surface area contributed by atoms with Gasteiger partial charge < -0.3 is 9.13 Å². The molecule has 23 heteroatoms. The Balaban J connectivity index is 0.000000721. The molecule has 13 aromatic heterocycles. The third-order valence-electron chi connectivity index (χ3n) is 21.1. The van der Waals surface area contributed by atoms with Crippen molar-refractivity contribution in [1.29, 1.82) is 0 Å². The number of aromatic amines is 1. The molecule has 13 heterocycles. The maximum Gasteiger partial charge on any atom is 0.105 e. The van der Waals surface area contributed by atoms with Crippen molar-refractivity contribution >= 4 is 22.7 Å². The molecule has 0 spiro atoms. The molecule has 133 heavy (non-hydrogen) atoms. The normalized spacial score (nSPS) is 11.9. The predicted molar refractivity (Wildman–Crippen MR) is 570 cm³/mol. The largest absolute Gasteiger partial charge is 0.337 e. The van der Waals surface area contributed by atoms with Crippen LogP contribution < -0.4 is 0 Å². The number of aryl methyl sites for hydroxylation is 10. The lowest BCUT2D eigenvalue weighted by Crippen LogP contribution is -2.16. The molecule has 0 saturated carbocycles. The molecule has 740 valence electrons. The molecule has 21 nitrogen and oxygen atoms in total. The fourth-order valence-electron chi connectivity index (χ4n) is 12.8. The van der Waals surface area contributed by atoms with Gasteiger partial charge in [0.2, 0.25) is 0 Å². The van der Waals surface area contributed by atoms with Crippen LogP contribution in [0.3, 0.4) is 0 Å². The van der Waals surface area contributed by atoms with Crippen LogP contribution >= 0.6 is 22.7 Å². The third-order valence-corrected chi connectivity index (χ3v) is 23.1. The van der Waals surface area contributed by atoms with Gasteiger partial charge in [0, 0.05) is 206 Å². The van der Waals surface area contributed by atoms with E-state index < -0.39 is 0 Å². The lowest BCUT2D eigenvalue weighted by molar-refractivity contribution is 0.539. The highest BCUT2D eigenvalue weighted by Gasteiger charge is 2.26. The molecule has 13 rings (SSSR count). The molecule has 0 aliphatic carbocycles. The summed E-state index contributed by atoms with van der Waals surface area (Å²) in [5, 5.41) is 31.4. The minimum atomic E-state index is 0.182. The van der Waals surface area contributed by atoms with E-state index in [1.54, 1.807) is 35.1 Å². The fraction of sp³-hybridized carbons (Fsp3) is 0.591. The highest BCUT2D eigenvalue weighted by Crippen LogP contribution is 2.32. The van der Waals surface area contributed by atoms with Gasteiger partial charge in [-0.25, -0.2) is 15.0 Å². The van der Waals surface area contributed by atoms with E-state index >= 15 is 0 Å². The summed E-state index contributed by atoms with van der Waals surface area (Å²) in [6.45, 7) is 97.7. The number of nitrogens with zero attached hydrogens (tertiary/aromatic N) is 20. The van der Waals surface area contributed by atoms with Gasteiger partial charge in [-0.3, -0.25) is 48.4 Å². The van der Waals surface area contributed by atoms with Crippen LogP contribution in [0, 0.1) is 41.5 Å². The number of H-pyrrole nitrogens is 1. The molecule has 0 unspecified atom stereocenters. The number of imidazole rings is 2. The summed E-state index contributed by atoms with van der Waals surface area (Å²) in [6, 6.07) is 18.3. The van der Waals surface area contributed by atoms with E-state index in [-0.39, 0.29) is 70.4 Å². The van der Waals surface area contributed by atoms with Crippen molar-refractivity contribution in [3.8, 4) is 0 Å². The predicted octanol–water partition coefficient (Wildman–Crippen LogP) is 27.6. The Morgan fingerprint density at radius 2 is 0.880 bits per heavy atom. The number of pyridine rings is 3. The van der Waals surface area contributed by atoms with Crippen molar-refractivity contribution < 1.29 is 0 Å². The van der Waals surface area contributed by atoms with E-state index in [1.807, 2.05) is 178 Å². The van der Waals surface area contributed by atoms with Crippen LogP contribution in [0.4, 0.5) is 0 Å². The second-order valence-corrected chi connectivity index (χ2v) is 49.6. The molecule has 0 aromatic carbocycles. The maximum atomic E-state index is 4.40. The van der Waals surface area contributed by atoms with Gasteiger partial charge in [0.15, 0.2) is 0 Å². The van der Waals surface area contributed by atoms with Crippen LogP contribution in [0.2, 0.25) is 0 Å². The maximum absolute atomic E-state index is 4.40. The van der Waals surface area contributed by atoms with Crippen molar-refractivity contribution in [3.05, 3.63) is 265 Å². The summed E-state index contributed by atoms with van der Waals surface area (Å²) in [4.78, 5) is 30.3. The SMILES string of the molecule is CC(C)(C)c1ccccn1.CC(C)(C)c1cccnc1.CC(C)(C)c1ccn[nH]1.CC(C)(C)c1ccncc1.CC(C)(C)c1cncs1.Cc1c(C(C)(C)C)cnn1C.Cc1nc(C(C)(C)C)cs1.Cc1ncc(C(C)(C)C)n1C.Cc1nn(C)c(C)c1C(C)(C)C.Cc1nn(C)cc1C(C)(C)C.Cn1cc(C(C)(C)C)cn1.Cn1ccc(C(C)(C)C)n1.Cn1cncc1C(C)(C)C. The Hall–Kier alpha value is -9.61. The molecule has 0 amide bonds. The molecule has 0 radical (unpaired) electrons. The van der Waals surface area contributed by atoms with Crippen molar-refractivity contribution in [3.63, 3.8) is 0 Å². The Bertz CT molecular complexity index is 4970. The summed E-state index contributed by atoms with van der Waals surface area (Å²) in [5.41, 5.74) is 24.7. The highest BCUT2D eigenvalue weighted by atomic mass is 32.1. The third kappa shape index (κ3) is 45.5. The first kappa shape index (κ1) is 121. The second-order valence-electron chi connectivity index (χ2n) is 47.7. The van der Waals surface area contributed by atoms with E-state index in [0.717, 1.165) is 33.6 Å². The highest BCUT2D eigenvalue weighted by molar-refractivity contribution is 7.10. The van der Waals surface area contributed by atoms with Crippen molar-refractivity contribution in [2.75, 3.05) is 0 Å². The molecule has 0 bridgehead atoms. The minimum absolute atomic E-state index is 0.182. The van der Waals surface area contributed by atoms with E-state index in [4.69, 9.17) is 0 Å². The van der Waals surface area contributed by atoms with Crippen LogP contribution in [-0.2, 0) is 120 Å². The van der Waals surface area contributed by atoms with E-state index in [9.17, 15) is 0 Å². The first-order chi connectivity index (χ1) is 60.1. The number of hydrogen-bond acceptors (Lipinski definition) is 15. The Morgan fingerprint density at radius 3 is 1.10 bits per heavy atom. The van der Waals surface area contributed by atoms with Gasteiger partial charge in [-0.05, 0) is 150 Å². The van der Waals surface area contributed by atoms with E-state index in [2.05, 4.69) is 433 Å². The number of rotatable bonds is 0. The molecule has 13 aromatic rings. The van der Waals surface area contributed by atoms with Crippen molar-refractivity contribution in [2.24, 2.45) is 49.3 Å². The summed E-state index contributed by atoms with van der Waals surface area (Å²) in [7, 11) is 13.9. The number of thiazole rings is 2. The summed E-state index contributed by atoms with van der Waals surface area (Å²) >= 11 is 3.44. The Labute approximate surface area is 816 Å². The number of hydrogen-bond donors (Lipinski definition) is 1. The molecule has 1 N–H and O–H groups in total. The van der Waals surface area contributed by atoms with Gasteiger partial charge >= 0.3 is 0 Å². The number of aromatic nitrogens is 21. The topological polar surface area (TPSA) is 218 Å². The van der Waals surface area contributed by atoms with Gasteiger partial charge in [-0.1, -0.05) is 282 Å². The van der Waals surface area contributed by atoms with Gasteiger partial charge in [0.05, 0.1) is 52.0 Å². The monoisotopic (exact) mass is 1860 g/mol. The summed E-state index contributed by atoms with van der Waals surface area (Å²) in [5.74, 6) is 1.08. The van der Waals surface area contributed by atoms with Gasteiger partial charge in [-0.15, -0.1) is 22.7 Å². The second kappa shape index (κ2) is 50.8. The van der Waals surface area contributed by atoms with Gasteiger partial charge in [-0.2, -0.15) is 30.6 Å². The lowest BCUT2D eigenvalue weighted by Gasteiger charge is -2.19. The van der Waals surface area contributed by atoms with Crippen LogP contribution in [0.5, 0.6) is 0 Å². The smallest absolute Gasteiger partial charge is 0.105 e. The van der Waals surface area contributed by atoms with Crippen molar-refractivity contribution in [1.82, 2.24) is 103 Å². The molecule has 0 saturated heterocycles. The average molecular weight is 1860 g/mol. The van der Waals surface area contributed by atoms with Crippen LogP contribution in [-0.4, -0.2) is 103 Å². The first-order valence-electron chi connectivity index (χ1n) is 46.6. The van der Waals surface area contributed by atoms with E-state index in [1.165, 1.54) is 72.4 Å². The molecular weight excluding hydrogens is 1680 g/mol. The van der Waals surface area contributed by atoms with Crippen LogP contribution in [0.25, 0.3) is 0 Å². The first-order valence-corrected chi connectivity index (χ1v) is 48.4. The zero-order chi connectivity index (χ0) is 103. The Kier molecular flexibility index (Phi) is 46.4. The molecule has 0 aliphatic heterocycles. The number of nitrogens with one attached hydrogen (secondary N) is 1. The summed E-state index contributed by atoms with van der Waals surface area (Å²) in [6.07, 6.45) is 28.6.